The van der Waals surface area contributed by atoms with Crippen molar-refractivity contribution in [3.05, 3.63) is 101 Å². The summed E-state index contributed by atoms with van der Waals surface area (Å²) in [5.41, 5.74) is 3.51. The summed E-state index contributed by atoms with van der Waals surface area (Å²) in [6, 6.07) is 11.4. The van der Waals surface area contributed by atoms with E-state index in [1.54, 1.807) is 31.2 Å². The van der Waals surface area contributed by atoms with Crippen LogP contribution in [0.15, 0.2) is 83.3 Å². The van der Waals surface area contributed by atoms with E-state index < -0.39 is 53.8 Å². The van der Waals surface area contributed by atoms with Crippen LogP contribution in [-0.4, -0.2) is 22.2 Å². The average Bonchev–Trinajstić information content (AvgIpc) is 3.25. The molecule has 34 heavy (non-hydrogen) atoms. The molecular formula is C28H25NO5. The Kier molecular flexibility index (Phi) is 4.91. The lowest BCUT2D eigenvalue weighted by molar-refractivity contribution is -0.147. The normalized spacial score (nSPS) is 15.1. The van der Waals surface area contributed by atoms with E-state index in [0.29, 0.717) is 28.1 Å². The number of esters is 1. The maximum atomic E-state index is 12.9. The number of ether oxygens (including phenoxy) is 1. The summed E-state index contributed by atoms with van der Waals surface area (Å²) >= 11 is 0. The number of hydrogen-bond donors (Lipinski definition) is 1. The molecule has 1 heterocycles. The number of carboxylic acids is 1. The Morgan fingerprint density at radius 3 is 2.21 bits per heavy atom. The third-order valence-electron chi connectivity index (χ3n) is 5.21. The molecule has 4 aromatic rings. The van der Waals surface area contributed by atoms with Gasteiger partial charge in [-0.3, -0.25) is 9.59 Å². The molecule has 4 rings (SSSR count). The van der Waals surface area contributed by atoms with E-state index in [0.717, 1.165) is 18.1 Å². The van der Waals surface area contributed by atoms with Gasteiger partial charge in [-0.05, 0) is 36.1 Å². The first-order valence-electron chi connectivity index (χ1n) is 13.5. The van der Waals surface area contributed by atoms with E-state index >= 15 is 0 Å². The lowest BCUT2D eigenvalue weighted by Crippen LogP contribution is -2.12. The van der Waals surface area contributed by atoms with Gasteiger partial charge in [-0.25, -0.2) is 0 Å². The highest BCUT2D eigenvalue weighted by atomic mass is 16.5. The number of aromatic nitrogens is 1. The van der Waals surface area contributed by atoms with Gasteiger partial charge in [0.25, 0.3) is 0 Å². The van der Waals surface area contributed by atoms with E-state index in [2.05, 4.69) is 5.16 Å². The highest BCUT2D eigenvalue weighted by molar-refractivity contribution is 5.78. The van der Waals surface area contributed by atoms with Gasteiger partial charge in [-0.1, -0.05) is 83.9 Å². The van der Waals surface area contributed by atoms with Gasteiger partial charge in [0.15, 0.2) is 5.76 Å². The zero-order valence-electron chi connectivity index (χ0n) is 24.6. The van der Waals surface area contributed by atoms with Crippen molar-refractivity contribution in [3.63, 3.8) is 0 Å². The monoisotopic (exact) mass is 461 g/mol. The molecule has 6 heteroatoms. The Bertz CT molecular complexity index is 1570. The number of aryl methyl sites for hydroxylation is 1. The fraction of sp³-hybridized carbons (Fsp3) is 0.179. The van der Waals surface area contributed by atoms with Crippen LogP contribution in [-0.2, 0) is 27.2 Å². The minimum Gasteiger partial charge on any atom is -0.481 e. The molecule has 0 aliphatic rings. The van der Waals surface area contributed by atoms with Crippen LogP contribution in [0, 0.1) is 6.92 Å². The zero-order chi connectivity index (χ0) is 29.4. The number of hydrogen-bond acceptors (Lipinski definition) is 5. The first-order chi connectivity index (χ1) is 18.8. The summed E-state index contributed by atoms with van der Waals surface area (Å²) in [7, 11) is 0. The highest BCUT2D eigenvalue weighted by Crippen LogP contribution is 2.30. The summed E-state index contributed by atoms with van der Waals surface area (Å²) in [6.45, 7) is 2.80. The van der Waals surface area contributed by atoms with Gasteiger partial charge in [0.2, 0.25) is 0 Å². The zero-order valence-corrected chi connectivity index (χ0v) is 18.6. The number of carbonyl (C=O) groups is 2. The Morgan fingerprint density at radius 1 is 1.00 bits per heavy atom. The van der Waals surface area contributed by atoms with Crippen molar-refractivity contribution in [1.82, 2.24) is 5.16 Å². The van der Waals surface area contributed by atoms with Crippen LogP contribution in [0.3, 0.4) is 0 Å². The predicted octanol–water partition coefficient (Wildman–Crippen LogP) is 5.79. The molecule has 0 amide bonds. The van der Waals surface area contributed by atoms with Crippen molar-refractivity contribution in [2.24, 2.45) is 0 Å². The van der Waals surface area contributed by atoms with Crippen molar-refractivity contribution in [2.45, 2.75) is 32.8 Å². The molecule has 3 aromatic carbocycles. The Hall–Kier alpha value is -4.19. The minimum absolute atomic E-state index is 0.0584. The van der Waals surface area contributed by atoms with Gasteiger partial charge < -0.3 is 14.4 Å². The number of rotatable bonds is 8. The van der Waals surface area contributed by atoms with Crippen molar-refractivity contribution in [1.29, 1.82) is 0 Å². The molecule has 0 aliphatic heterocycles. The van der Waals surface area contributed by atoms with Crippen molar-refractivity contribution in [3.8, 4) is 22.5 Å². The number of carboxylic acid groups (broad SMARTS) is 1. The molecule has 0 bridgehead atoms. The fourth-order valence-corrected chi connectivity index (χ4v) is 3.46. The number of carbonyl (C=O) groups excluding carboxylic acids is 1. The highest BCUT2D eigenvalue weighted by Gasteiger charge is 2.20. The molecule has 0 aliphatic carbocycles. The van der Waals surface area contributed by atoms with Crippen LogP contribution < -0.4 is 0 Å². The molecule has 6 nitrogen and oxygen atoms in total. The summed E-state index contributed by atoms with van der Waals surface area (Å²) in [5, 5.41) is 12.9. The van der Waals surface area contributed by atoms with Gasteiger partial charge in [-0.2, -0.15) is 0 Å². The van der Waals surface area contributed by atoms with E-state index in [1.165, 1.54) is 0 Å². The van der Waals surface area contributed by atoms with Crippen LogP contribution in [0.1, 0.15) is 43.6 Å². The second-order valence-electron chi connectivity index (χ2n) is 7.63. The molecule has 172 valence electrons. The first-order valence-corrected chi connectivity index (χ1v) is 10.5. The molecule has 1 N–H and O–H groups in total. The minimum atomic E-state index is -2.25. The quantitative estimate of drug-likeness (QED) is 0.334. The average molecular weight is 462 g/mol. The van der Waals surface area contributed by atoms with Gasteiger partial charge in [0, 0.05) is 11.1 Å². The smallest absolute Gasteiger partial charge is 0.311 e. The maximum Gasteiger partial charge on any atom is 0.311 e. The standard InChI is InChI=1S/C28H25NO5/c1-18-25(17-27(32)33-19(2)21-6-4-3-5-7-21)28(34-29-18)24-14-12-23(13-15-24)22-10-8-20(9-11-22)16-26(30)31/h3-15,19H,16-17H2,1-2H3,(H,30,31)/i3D,4D,5D,6D,7D,19D. The number of nitrogens with zero attached hydrogens (tertiary/aromatic N) is 1. The van der Waals surface area contributed by atoms with Crippen molar-refractivity contribution < 1.29 is 32.2 Å². The summed E-state index contributed by atoms with van der Waals surface area (Å²) in [6.07, 6.45) is -2.64. The fourth-order valence-electron chi connectivity index (χ4n) is 3.46. The van der Waals surface area contributed by atoms with Gasteiger partial charge in [0.05, 0.1) is 26.8 Å². The summed E-state index contributed by atoms with van der Waals surface area (Å²) in [4.78, 5) is 23.8. The van der Waals surface area contributed by atoms with Crippen LogP contribution in [0.4, 0.5) is 0 Å². The van der Waals surface area contributed by atoms with E-state index in [1.807, 2.05) is 24.3 Å². The third kappa shape index (κ3) is 5.41. The second kappa shape index (κ2) is 10.2. The molecule has 0 spiro atoms. The lowest BCUT2D eigenvalue weighted by atomic mass is 9.99. The van der Waals surface area contributed by atoms with E-state index in [4.69, 9.17) is 22.6 Å². The molecule has 1 atom stereocenters. The molecule has 1 aromatic heterocycles. The first kappa shape index (κ1) is 16.4. The van der Waals surface area contributed by atoms with Crippen molar-refractivity contribution in [2.75, 3.05) is 0 Å². The van der Waals surface area contributed by atoms with Crippen LogP contribution >= 0.6 is 0 Å². The number of aliphatic carboxylic acids is 1. The molecule has 1 unspecified atom stereocenters. The molecular weight excluding hydrogens is 430 g/mol. The van der Waals surface area contributed by atoms with E-state index in [-0.39, 0.29) is 12.8 Å². The Morgan fingerprint density at radius 2 is 1.59 bits per heavy atom. The molecule has 0 saturated heterocycles. The number of benzene rings is 3. The van der Waals surface area contributed by atoms with Gasteiger partial charge in [-0.15, -0.1) is 0 Å². The topological polar surface area (TPSA) is 89.6 Å². The lowest BCUT2D eigenvalue weighted by Gasteiger charge is -2.13. The van der Waals surface area contributed by atoms with Crippen molar-refractivity contribution >= 4 is 11.9 Å². The third-order valence-corrected chi connectivity index (χ3v) is 5.21. The molecule has 0 fully saturated rings. The summed E-state index contributed by atoms with van der Waals surface area (Å²) < 4.78 is 58.9. The molecule has 0 radical (unpaired) electrons. The van der Waals surface area contributed by atoms with Crippen LogP contribution in [0.25, 0.3) is 22.5 Å². The largest absolute Gasteiger partial charge is 0.481 e. The Labute approximate surface area is 206 Å². The predicted molar refractivity (Wildman–Crippen MR) is 128 cm³/mol. The SMILES string of the molecule is [2H]c1c([2H])c([2H])c(C([2H])(C)OC(=O)Cc2c(C)noc2-c2ccc(-c3ccc(CC(=O)O)cc3)cc2)c([2H])c1[2H]. The summed E-state index contributed by atoms with van der Waals surface area (Å²) in [5.74, 6) is -1.44. The molecule has 0 saturated carbocycles. The maximum absolute atomic E-state index is 12.9. The van der Waals surface area contributed by atoms with Crippen LogP contribution in [0.2, 0.25) is 0 Å². The van der Waals surface area contributed by atoms with Gasteiger partial charge in [0.1, 0.15) is 6.08 Å². The van der Waals surface area contributed by atoms with E-state index in [9.17, 15) is 9.59 Å². The Balaban J connectivity index is 1.55. The van der Waals surface area contributed by atoms with Gasteiger partial charge >= 0.3 is 11.9 Å². The second-order valence-corrected chi connectivity index (χ2v) is 7.63. The van der Waals surface area contributed by atoms with Crippen LogP contribution in [0.5, 0.6) is 0 Å².